The number of amides is 4. The fourth-order valence-corrected chi connectivity index (χ4v) is 6.18. The molecule has 2 aromatic heterocycles. The zero-order valence-corrected chi connectivity index (χ0v) is 35.8. The van der Waals surface area contributed by atoms with Crippen molar-refractivity contribution in [1.82, 2.24) is 29.6 Å². The number of anilines is 2. The molecule has 0 radical (unpaired) electrons. The first kappa shape index (κ1) is 46.3. The predicted molar refractivity (Wildman–Crippen MR) is 196 cm³/mol. The number of carbonyl (C=O) groups is 3. The van der Waals surface area contributed by atoms with Crippen LogP contribution >= 0.6 is 22.6 Å². The summed E-state index contributed by atoms with van der Waals surface area (Å²) < 4.78 is 83.9. The molecule has 55 heavy (non-hydrogen) atoms. The molecule has 4 amide bonds. The Kier molecular flexibility index (Phi) is 17.9. The standard InChI is InChI=1S/C15H18N4O7S.C14H14IN5O6S.Na/c1-4-25-10-7-5-6-8-11(10)26-27(21,22)19-15(20)18-14-16-12(23-2)9-13(17-14)24-3;1-7-16-12(19-14(17-7)26-3)18-13(22)20-27(23,24)10-6-8(15)4-5-9(10)11(21)25-2;/h5-9H,4H2,1-3H3,(H2,16,17,18,19,20);4-6H,1-3H3,(H2,16,17,18,19,20,22);/q;;+1/p-1. The molecular weight excluding hydrogens is 896 g/mol. The average Bonchev–Trinajstić information content (AvgIpc) is 3.11. The van der Waals surface area contributed by atoms with Gasteiger partial charge in [0.15, 0.2) is 23.5 Å². The molecule has 26 heteroatoms. The van der Waals surface area contributed by atoms with Gasteiger partial charge in [-0.3, -0.25) is 10.1 Å². The van der Waals surface area contributed by atoms with Crippen LogP contribution in [0.4, 0.5) is 21.5 Å². The van der Waals surface area contributed by atoms with Gasteiger partial charge >= 0.3 is 57.9 Å². The van der Waals surface area contributed by atoms with Gasteiger partial charge in [0.1, 0.15) is 5.82 Å². The van der Waals surface area contributed by atoms with Crippen LogP contribution in [0.15, 0.2) is 53.4 Å². The third-order valence-electron chi connectivity index (χ3n) is 5.85. The number of nitrogens with zero attached hydrogens (tertiary/aromatic N) is 6. The molecule has 0 unspecified atom stereocenters. The number of hydrogen-bond acceptors (Lipinski definition) is 18. The first-order chi connectivity index (χ1) is 25.5. The van der Waals surface area contributed by atoms with E-state index in [9.17, 15) is 31.2 Å². The number of halogens is 1. The van der Waals surface area contributed by atoms with Crippen molar-refractivity contribution >= 4 is 72.8 Å². The van der Waals surface area contributed by atoms with E-state index in [0.717, 1.165) is 7.11 Å². The summed E-state index contributed by atoms with van der Waals surface area (Å²) in [7, 11) is -3.85. The van der Waals surface area contributed by atoms with Crippen LogP contribution < -0.4 is 68.0 Å². The molecule has 0 aliphatic rings. The number of nitrogens with one attached hydrogen (secondary N) is 3. The summed E-state index contributed by atoms with van der Waals surface area (Å²) in [5.41, 5.74) is -0.243. The van der Waals surface area contributed by atoms with E-state index in [2.05, 4.69) is 45.0 Å². The van der Waals surface area contributed by atoms with Gasteiger partial charge < -0.3 is 37.9 Å². The largest absolute Gasteiger partial charge is 1.00 e. The van der Waals surface area contributed by atoms with Crippen molar-refractivity contribution in [1.29, 1.82) is 0 Å². The molecular formula is C29H31IN9NaO13S2. The van der Waals surface area contributed by atoms with Crippen molar-refractivity contribution < 1.29 is 88.6 Å². The Bertz CT molecular complexity index is 2200. The number of aromatic nitrogens is 5. The molecule has 4 rings (SSSR count). The second-order valence-corrected chi connectivity index (χ2v) is 13.7. The smallest absolute Gasteiger partial charge is 0.490 e. The molecule has 0 spiro atoms. The van der Waals surface area contributed by atoms with Gasteiger partial charge in [0.2, 0.25) is 27.7 Å². The van der Waals surface area contributed by atoms with Crippen molar-refractivity contribution in [3.63, 3.8) is 0 Å². The molecule has 0 aliphatic carbocycles. The molecule has 0 fully saturated rings. The van der Waals surface area contributed by atoms with Crippen LogP contribution in [0.5, 0.6) is 29.3 Å². The number of benzene rings is 2. The molecule has 22 nitrogen and oxygen atoms in total. The van der Waals surface area contributed by atoms with Gasteiger partial charge in [-0.2, -0.15) is 28.4 Å². The molecule has 0 saturated heterocycles. The first-order valence-electron chi connectivity index (χ1n) is 14.7. The van der Waals surface area contributed by atoms with Crippen molar-refractivity contribution in [2.45, 2.75) is 18.7 Å². The van der Waals surface area contributed by atoms with Crippen LogP contribution in [-0.2, 0) is 25.1 Å². The van der Waals surface area contributed by atoms with E-state index in [1.54, 1.807) is 23.8 Å². The third-order valence-corrected chi connectivity index (χ3v) is 8.65. The van der Waals surface area contributed by atoms with Gasteiger partial charge in [-0.05, 0) is 66.8 Å². The second-order valence-electron chi connectivity index (χ2n) is 9.57. The summed E-state index contributed by atoms with van der Waals surface area (Å²) in [5, 5.41) is 4.27. The van der Waals surface area contributed by atoms with E-state index in [-0.39, 0.29) is 82.1 Å². The fourth-order valence-electron chi connectivity index (χ4n) is 3.71. The summed E-state index contributed by atoms with van der Waals surface area (Å²) in [5.74, 6) is -0.730. The average molecular weight is 928 g/mol. The van der Waals surface area contributed by atoms with Crippen molar-refractivity contribution in [2.24, 2.45) is 0 Å². The topological polar surface area (TPSA) is 290 Å². The van der Waals surface area contributed by atoms with Crippen LogP contribution in [0.25, 0.3) is 4.72 Å². The predicted octanol–water partition coefficient (Wildman–Crippen LogP) is 0.216. The maximum atomic E-state index is 12.5. The molecule has 290 valence electrons. The van der Waals surface area contributed by atoms with E-state index in [0.29, 0.717) is 10.2 Å². The van der Waals surface area contributed by atoms with Crippen molar-refractivity contribution in [3.8, 4) is 29.3 Å². The van der Waals surface area contributed by atoms with Crippen LogP contribution in [0.3, 0.4) is 0 Å². The van der Waals surface area contributed by atoms with Gasteiger partial charge in [0, 0.05) is 3.57 Å². The Morgan fingerprint density at radius 3 is 2.00 bits per heavy atom. The summed E-state index contributed by atoms with van der Waals surface area (Å²) in [6, 6.07) is 9.05. The van der Waals surface area contributed by atoms with Crippen molar-refractivity contribution in [3.05, 3.63) is 68.2 Å². The van der Waals surface area contributed by atoms with Gasteiger partial charge in [0.25, 0.3) is 0 Å². The van der Waals surface area contributed by atoms with E-state index in [4.69, 9.17) is 23.1 Å². The Labute approximate surface area is 350 Å². The number of rotatable bonds is 13. The van der Waals surface area contributed by atoms with E-state index in [1.165, 1.54) is 64.7 Å². The van der Waals surface area contributed by atoms with Gasteiger partial charge in [-0.15, -0.1) is 0 Å². The Morgan fingerprint density at radius 2 is 1.42 bits per heavy atom. The number of aryl methyl sites for hydroxylation is 1. The van der Waals surface area contributed by atoms with E-state index in [1.807, 2.05) is 22.6 Å². The molecule has 2 heterocycles. The normalized spacial score (nSPS) is 10.5. The molecule has 2 aromatic carbocycles. The quantitative estimate of drug-likeness (QED) is 0.0918. The number of carbonyl (C=O) groups excluding carboxylic acids is 3. The van der Waals surface area contributed by atoms with Gasteiger partial charge in [-0.25, -0.2) is 27.7 Å². The SMILES string of the molecule is CCOc1ccccc1OS(=O)(=O)NC(=O)Nc1nc(OC)cc(OC)n1.COC(=O)c1ccc(I)cc1S(=O)(=O)[N-]C(=O)Nc1nc(C)nc(OC)n1.[Na+]. The maximum Gasteiger partial charge on any atom is 1.00 e. The van der Waals surface area contributed by atoms with Crippen LogP contribution in [0.2, 0.25) is 0 Å². The molecule has 0 atom stereocenters. The minimum atomic E-state index is -4.51. The van der Waals surface area contributed by atoms with E-state index >= 15 is 0 Å². The number of hydrogen-bond donors (Lipinski definition) is 3. The van der Waals surface area contributed by atoms with Crippen LogP contribution in [-0.4, -0.2) is 94.8 Å². The Balaban J connectivity index is 0.000000373. The van der Waals surface area contributed by atoms with Crippen LogP contribution in [0.1, 0.15) is 23.1 Å². The second kappa shape index (κ2) is 21.3. The van der Waals surface area contributed by atoms with Gasteiger partial charge in [0.05, 0.1) is 51.6 Å². The fraction of sp³-hybridized carbons (Fsp3) is 0.241. The Hall–Kier alpha value is -4.83. The molecule has 0 saturated carbocycles. The third kappa shape index (κ3) is 14.4. The summed E-state index contributed by atoms with van der Waals surface area (Å²) >= 11 is 1.86. The van der Waals surface area contributed by atoms with E-state index < -0.39 is 43.3 Å². The minimum absolute atomic E-state index is 0. The zero-order chi connectivity index (χ0) is 40.1. The van der Waals surface area contributed by atoms with Crippen molar-refractivity contribution in [2.75, 3.05) is 45.7 Å². The molecule has 0 bridgehead atoms. The minimum Gasteiger partial charge on any atom is -0.490 e. The number of para-hydroxylation sites is 2. The Morgan fingerprint density at radius 1 is 0.800 bits per heavy atom. The summed E-state index contributed by atoms with van der Waals surface area (Å²) in [4.78, 5) is 54.5. The van der Waals surface area contributed by atoms with Gasteiger partial charge in [-0.1, -0.05) is 12.1 Å². The number of sulfonamides is 1. The number of ether oxygens (including phenoxy) is 5. The summed E-state index contributed by atoms with van der Waals surface area (Å²) in [6.45, 7) is 3.57. The van der Waals surface area contributed by atoms with Crippen LogP contribution in [0, 0.1) is 10.5 Å². The summed E-state index contributed by atoms with van der Waals surface area (Å²) in [6.07, 6.45) is 0. The molecule has 4 aromatic rings. The maximum absolute atomic E-state index is 12.5. The number of methoxy groups -OCH3 is 4. The molecule has 0 aliphatic heterocycles. The number of urea groups is 2. The first-order valence-corrected chi connectivity index (χ1v) is 18.6. The number of esters is 1. The zero-order valence-electron chi connectivity index (χ0n) is 30.0. The molecule has 3 N–H and O–H groups in total. The monoisotopic (exact) mass is 927 g/mol.